The maximum absolute atomic E-state index is 11.6. The highest BCUT2D eigenvalue weighted by Gasteiger charge is 2.24. The molecule has 0 radical (unpaired) electrons. The standard InChI is InChI=1S/C12H20N4O2S/c1-3-13-12-14-9(2)7-11(16-12)15-10-5-4-6-19(17,18)8-10/h7,10H,3-6,8H2,1-2H3,(H2,13,14,15,16). The van der Waals surface area contributed by atoms with Crippen LogP contribution in [0.3, 0.4) is 0 Å². The summed E-state index contributed by atoms with van der Waals surface area (Å²) >= 11 is 0. The molecule has 2 heterocycles. The number of anilines is 2. The fraction of sp³-hybridized carbons (Fsp3) is 0.667. The van der Waals surface area contributed by atoms with Crippen molar-refractivity contribution in [1.82, 2.24) is 9.97 Å². The second-order valence-electron chi connectivity index (χ2n) is 4.85. The Labute approximate surface area is 114 Å². The Hall–Kier alpha value is -1.37. The summed E-state index contributed by atoms with van der Waals surface area (Å²) in [5.74, 6) is 1.75. The van der Waals surface area contributed by atoms with E-state index in [1.165, 1.54) is 0 Å². The van der Waals surface area contributed by atoms with Crippen molar-refractivity contribution in [3.05, 3.63) is 11.8 Å². The molecule has 1 aliphatic rings. The molecule has 106 valence electrons. The second kappa shape index (κ2) is 5.73. The molecule has 1 fully saturated rings. The van der Waals surface area contributed by atoms with Gasteiger partial charge < -0.3 is 10.6 Å². The van der Waals surface area contributed by atoms with Crippen LogP contribution in [-0.2, 0) is 9.84 Å². The Morgan fingerprint density at radius 2 is 2.21 bits per heavy atom. The first-order valence-electron chi connectivity index (χ1n) is 6.55. The van der Waals surface area contributed by atoms with Crippen LogP contribution in [0, 0.1) is 6.92 Å². The van der Waals surface area contributed by atoms with Crippen molar-refractivity contribution in [3.8, 4) is 0 Å². The molecule has 0 spiro atoms. The van der Waals surface area contributed by atoms with Crippen LogP contribution in [0.25, 0.3) is 0 Å². The lowest BCUT2D eigenvalue weighted by Crippen LogP contribution is -2.35. The molecule has 1 saturated heterocycles. The van der Waals surface area contributed by atoms with Gasteiger partial charge in [-0.1, -0.05) is 0 Å². The molecule has 2 rings (SSSR count). The predicted molar refractivity (Wildman–Crippen MR) is 76.2 cm³/mol. The predicted octanol–water partition coefficient (Wildman–Crippen LogP) is 1.21. The van der Waals surface area contributed by atoms with Crippen LogP contribution >= 0.6 is 0 Å². The van der Waals surface area contributed by atoms with Crippen molar-refractivity contribution in [2.45, 2.75) is 32.7 Å². The molecule has 19 heavy (non-hydrogen) atoms. The first-order valence-corrected chi connectivity index (χ1v) is 8.37. The van der Waals surface area contributed by atoms with E-state index >= 15 is 0 Å². The van der Waals surface area contributed by atoms with E-state index in [0.29, 0.717) is 23.9 Å². The molecule has 0 bridgehead atoms. The first-order chi connectivity index (χ1) is 8.98. The van der Waals surface area contributed by atoms with Crippen LogP contribution in [0.15, 0.2) is 6.07 Å². The molecule has 7 heteroatoms. The van der Waals surface area contributed by atoms with Crippen molar-refractivity contribution in [1.29, 1.82) is 0 Å². The zero-order chi connectivity index (χ0) is 13.9. The van der Waals surface area contributed by atoms with Crippen LogP contribution in [0.1, 0.15) is 25.5 Å². The molecular formula is C12H20N4O2S. The molecule has 0 aromatic carbocycles. The first kappa shape index (κ1) is 14.0. The number of rotatable bonds is 4. The van der Waals surface area contributed by atoms with Gasteiger partial charge in [0.2, 0.25) is 5.95 Å². The topological polar surface area (TPSA) is 84.0 Å². The summed E-state index contributed by atoms with van der Waals surface area (Å²) < 4.78 is 23.2. The zero-order valence-electron chi connectivity index (χ0n) is 11.3. The summed E-state index contributed by atoms with van der Waals surface area (Å²) in [5, 5.41) is 6.27. The Morgan fingerprint density at radius 1 is 1.42 bits per heavy atom. The highest BCUT2D eigenvalue weighted by Crippen LogP contribution is 2.17. The van der Waals surface area contributed by atoms with Gasteiger partial charge in [0.05, 0.1) is 11.5 Å². The number of hydrogen-bond acceptors (Lipinski definition) is 6. The summed E-state index contributed by atoms with van der Waals surface area (Å²) in [5.41, 5.74) is 0.854. The van der Waals surface area contributed by atoms with Crippen LogP contribution in [0.5, 0.6) is 0 Å². The Bertz CT molecular complexity index is 545. The summed E-state index contributed by atoms with van der Waals surface area (Å²) in [6, 6.07) is 1.78. The smallest absolute Gasteiger partial charge is 0.224 e. The molecular weight excluding hydrogens is 264 g/mol. The maximum Gasteiger partial charge on any atom is 0.224 e. The third-order valence-electron chi connectivity index (χ3n) is 3.00. The number of aryl methyl sites for hydroxylation is 1. The van der Waals surface area contributed by atoms with E-state index in [1.807, 2.05) is 19.9 Å². The number of nitrogens with zero attached hydrogens (tertiary/aromatic N) is 2. The number of sulfone groups is 1. The zero-order valence-corrected chi connectivity index (χ0v) is 12.1. The molecule has 0 amide bonds. The van der Waals surface area contributed by atoms with Gasteiger partial charge in [0.15, 0.2) is 9.84 Å². The van der Waals surface area contributed by atoms with Gasteiger partial charge in [0.1, 0.15) is 5.82 Å². The molecule has 1 aromatic rings. The lowest BCUT2D eigenvalue weighted by molar-refractivity contribution is 0.561. The fourth-order valence-corrected chi connectivity index (χ4v) is 3.86. The largest absolute Gasteiger partial charge is 0.366 e. The maximum atomic E-state index is 11.6. The minimum atomic E-state index is -2.90. The summed E-state index contributed by atoms with van der Waals surface area (Å²) in [6.07, 6.45) is 1.57. The van der Waals surface area contributed by atoms with Gasteiger partial charge in [0.25, 0.3) is 0 Å². The summed E-state index contributed by atoms with van der Waals surface area (Å²) in [6.45, 7) is 4.62. The Kier molecular flexibility index (Phi) is 4.24. The molecule has 1 unspecified atom stereocenters. The average Bonchev–Trinajstić information content (AvgIpc) is 2.26. The van der Waals surface area contributed by atoms with Gasteiger partial charge in [-0.15, -0.1) is 0 Å². The van der Waals surface area contributed by atoms with E-state index in [4.69, 9.17) is 0 Å². The van der Waals surface area contributed by atoms with E-state index in [2.05, 4.69) is 20.6 Å². The summed E-state index contributed by atoms with van der Waals surface area (Å²) in [7, 11) is -2.90. The van der Waals surface area contributed by atoms with Crippen molar-refractivity contribution in [3.63, 3.8) is 0 Å². The highest BCUT2D eigenvalue weighted by atomic mass is 32.2. The van der Waals surface area contributed by atoms with Gasteiger partial charge >= 0.3 is 0 Å². The van der Waals surface area contributed by atoms with Gasteiger partial charge in [-0.3, -0.25) is 0 Å². The number of nitrogens with one attached hydrogen (secondary N) is 2. The van der Waals surface area contributed by atoms with Crippen LogP contribution in [0.2, 0.25) is 0 Å². The van der Waals surface area contributed by atoms with E-state index in [0.717, 1.165) is 18.7 Å². The lowest BCUT2D eigenvalue weighted by atomic mass is 10.2. The van der Waals surface area contributed by atoms with Gasteiger partial charge in [-0.2, -0.15) is 4.98 Å². The van der Waals surface area contributed by atoms with Gasteiger partial charge in [-0.25, -0.2) is 13.4 Å². The Morgan fingerprint density at radius 3 is 2.89 bits per heavy atom. The SMILES string of the molecule is CCNc1nc(C)cc(NC2CCCS(=O)(=O)C2)n1. The van der Waals surface area contributed by atoms with E-state index in [-0.39, 0.29) is 11.8 Å². The monoisotopic (exact) mass is 284 g/mol. The molecule has 0 aliphatic carbocycles. The summed E-state index contributed by atoms with van der Waals surface area (Å²) in [4.78, 5) is 8.60. The molecule has 1 aromatic heterocycles. The lowest BCUT2D eigenvalue weighted by Gasteiger charge is -2.23. The highest BCUT2D eigenvalue weighted by molar-refractivity contribution is 7.91. The van der Waals surface area contributed by atoms with Crippen LogP contribution in [-0.4, -0.2) is 42.5 Å². The van der Waals surface area contributed by atoms with E-state index in [1.54, 1.807) is 0 Å². The molecule has 1 atom stereocenters. The molecule has 2 N–H and O–H groups in total. The van der Waals surface area contributed by atoms with Crippen molar-refractivity contribution in [2.24, 2.45) is 0 Å². The van der Waals surface area contributed by atoms with Crippen LogP contribution in [0.4, 0.5) is 11.8 Å². The average molecular weight is 284 g/mol. The van der Waals surface area contributed by atoms with Gasteiger partial charge in [0, 0.05) is 24.3 Å². The third-order valence-corrected chi connectivity index (χ3v) is 4.83. The number of hydrogen-bond donors (Lipinski definition) is 2. The third kappa shape index (κ3) is 4.05. The molecule has 0 saturated carbocycles. The Balaban J connectivity index is 2.10. The van der Waals surface area contributed by atoms with Crippen LogP contribution < -0.4 is 10.6 Å². The van der Waals surface area contributed by atoms with E-state index < -0.39 is 9.84 Å². The normalized spacial score (nSPS) is 21.9. The van der Waals surface area contributed by atoms with Gasteiger partial charge in [-0.05, 0) is 26.7 Å². The van der Waals surface area contributed by atoms with E-state index in [9.17, 15) is 8.42 Å². The van der Waals surface area contributed by atoms with Crippen molar-refractivity contribution < 1.29 is 8.42 Å². The quantitative estimate of drug-likeness (QED) is 0.864. The minimum Gasteiger partial charge on any atom is -0.366 e. The van der Waals surface area contributed by atoms with Crippen molar-refractivity contribution in [2.75, 3.05) is 28.7 Å². The fourth-order valence-electron chi connectivity index (χ4n) is 2.23. The number of aromatic nitrogens is 2. The van der Waals surface area contributed by atoms with Crippen molar-refractivity contribution >= 4 is 21.6 Å². The second-order valence-corrected chi connectivity index (χ2v) is 7.08. The molecule has 6 nitrogen and oxygen atoms in total. The molecule has 1 aliphatic heterocycles. The minimum absolute atomic E-state index is 0.0532.